The van der Waals surface area contributed by atoms with Gasteiger partial charge in [0.15, 0.2) is 0 Å². The van der Waals surface area contributed by atoms with Crippen molar-refractivity contribution in [3.8, 4) is 0 Å². The first kappa shape index (κ1) is 16.8. The number of amides is 2. The Hall–Kier alpha value is -2.04. The third kappa shape index (κ3) is 3.89. The summed E-state index contributed by atoms with van der Waals surface area (Å²) in [5.74, 6) is -0.926. The van der Waals surface area contributed by atoms with Crippen LogP contribution in [0, 0.1) is 18.8 Å². The maximum Gasteiger partial charge on any atom is 0.228 e. The molecule has 1 aliphatic rings. The highest BCUT2D eigenvalue weighted by atomic mass is 35.5. The average molecular weight is 363 g/mol. The van der Waals surface area contributed by atoms with Crippen LogP contribution in [-0.2, 0) is 9.59 Å². The standard InChI is InChI=1S/C18H16Cl2N2O2/c1-10-3-2-4-11(7-10)21-17(23)13-9-14(13)18(24)22-12-5-6-15(19)16(20)8-12/h2-8,13-14H,9H2,1H3,(H,21,23)(H,22,24). The van der Waals surface area contributed by atoms with E-state index in [-0.39, 0.29) is 23.7 Å². The van der Waals surface area contributed by atoms with Crippen molar-refractivity contribution in [1.29, 1.82) is 0 Å². The molecule has 2 aromatic carbocycles. The molecular weight excluding hydrogens is 347 g/mol. The molecule has 2 N–H and O–H groups in total. The van der Waals surface area contributed by atoms with Crippen LogP contribution >= 0.6 is 23.2 Å². The number of nitrogens with one attached hydrogen (secondary N) is 2. The molecule has 0 aromatic heterocycles. The number of hydrogen-bond donors (Lipinski definition) is 2. The molecule has 3 rings (SSSR count). The van der Waals surface area contributed by atoms with E-state index < -0.39 is 0 Å². The highest BCUT2D eigenvalue weighted by Crippen LogP contribution is 2.40. The van der Waals surface area contributed by atoms with Crippen molar-refractivity contribution in [3.63, 3.8) is 0 Å². The lowest BCUT2D eigenvalue weighted by molar-refractivity contribution is -0.122. The van der Waals surface area contributed by atoms with E-state index in [9.17, 15) is 9.59 Å². The SMILES string of the molecule is Cc1cccc(NC(=O)C2CC2C(=O)Nc2ccc(Cl)c(Cl)c2)c1. The number of benzene rings is 2. The van der Waals surface area contributed by atoms with Gasteiger partial charge >= 0.3 is 0 Å². The molecule has 0 bridgehead atoms. The van der Waals surface area contributed by atoms with Crippen LogP contribution in [0.15, 0.2) is 42.5 Å². The van der Waals surface area contributed by atoms with E-state index in [1.54, 1.807) is 18.2 Å². The van der Waals surface area contributed by atoms with Crippen LogP contribution < -0.4 is 10.6 Å². The molecule has 2 amide bonds. The first-order valence-electron chi connectivity index (χ1n) is 7.57. The lowest BCUT2D eigenvalue weighted by atomic mass is 10.2. The van der Waals surface area contributed by atoms with E-state index in [4.69, 9.17) is 23.2 Å². The van der Waals surface area contributed by atoms with Crippen LogP contribution in [0.3, 0.4) is 0 Å². The van der Waals surface area contributed by atoms with Crippen LogP contribution in [-0.4, -0.2) is 11.8 Å². The predicted octanol–water partition coefficient (Wildman–Crippen LogP) is 4.52. The van der Waals surface area contributed by atoms with Gasteiger partial charge in [0.05, 0.1) is 21.9 Å². The largest absolute Gasteiger partial charge is 0.326 e. The normalized spacial score (nSPS) is 18.8. The molecule has 4 nitrogen and oxygen atoms in total. The van der Waals surface area contributed by atoms with Gasteiger partial charge in [0.2, 0.25) is 11.8 Å². The Morgan fingerprint density at radius 1 is 0.917 bits per heavy atom. The quantitative estimate of drug-likeness (QED) is 0.839. The van der Waals surface area contributed by atoms with Gasteiger partial charge in [-0.05, 0) is 49.2 Å². The Bertz CT molecular complexity index is 807. The summed E-state index contributed by atoms with van der Waals surface area (Å²) < 4.78 is 0. The van der Waals surface area contributed by atoms with E-state index in [0.717, 1.165) is 11.3 Å². The first-order chi connectivity index (χ1) is 11.4. The minimum atomic E-state index is -0.315. The van der Waals surface area contributed by atoms with E-state index in [1.807, 2.05) is 31.2 Å². The van der Waals surface area contributed by atoms with Crippen LogP contribution in [0.25, 0.3) is 0 Å². The molecule has 0 heterocycles. The molecule has 2 unspecified atom stereocenters. The summed E-state index contributed by atoms with van der Waals surface area (Å²) >= 11 is 11.8. The van der Waals surface area contributed by atoms with Crippen molar-refractivity contribution in [2.45, 2.75) is 13.3 Å². The van der Waals surface area contributed by atoms with Gasteiger partial charge in [-0.25, -0.2) is 0 Å². The summed E-state index contributed by atoms with van der Waals surface area (Å²) in [6.45, 7) is 1.96. The van der Waals surface area contributed by atoms with Gasteiger partial charge in [0, 0.05) is 11.4 Å². The smallest absolute Gasteiger partial charge is 0.228 e. The number of aryl methyl sites for hydroxylation is 1. The summed E-state index contributed by atoms with van der Waals surface area (Å²) in [7, 11) is 0. The Kier molecular flexibility index (Phi) is 4.78. The van der Waals surface area contributed by atoms with Crippen LogP contribution in [0.5, 0.6) is 0 Å². The molecule has 24 heavy (non-hydrogen) atoms. The van der Waals surface area contributed by atoms with E-state index in [0.29, 0.717) is 22.2 Å². The van der Waals surface area contributed by atoms with Crippen LogP contribution in [0.1, 0.15) is 12.0 Å². The lowest BCUT2D eigenvalue weighted by Crippen LogP contribution is -2.20. The molecule has 2 atom stereocenters. The third-order valence-electron chi connectivity index (χ3n) is 3.94. The summed E-state index contributed by atoms with van der Waals surface area (Å²) in [4.78, 5) is 24.4. The first-order valence-corrected chi connectivity index (χ1v) is 8.33. The van der Waals surface area contributed by atoms with Crippen molar-refractivity contribution in [1.82, 2.24) is 0 Å². The fourth-order valence-corrected chi connectivity index (χ4v) is 2.84. The summed E-state index contributed by atoms with van der Waals surface area (Å²) in [5.41, 5.74) is 2.38. The summed E-state index contributed by atoms with van der Waals surface area (Å²) in [5, 5.41) is 6.42. The molecule has 0 spiro atoms. The number of hydrogen-bond acceptors (Lipinski definition) is 2. The van der Waals surface area contributed by atoms with E-state index >= 15 is 0 Å². The average Bonchev–Trinajstić information content (AvgIpc) is 3.32. The van der Waals surface area contributed by atoms with Crippen molar-refractivity contribution in [2.75, 3.05) is 10.6 Å². The second kappa shape index (κ2) is 6.83. The summed E-state index contributed by atoms with van der Waals surface area (Å²) in [6, 6.07) is 12.5. The Labute approximate surface area is 150 Å². The maximum absolute atomic E-state index is 12.2. The zero-order valence-corrected chi connectivity index (χ0v) is 14.5. The van der Waals surface area contributed by atoms with Gasteiger partial charge in [-0.1, -0.05) is 35.3 Å². The van der Waals surface area contributed by atoms with Crippen molar-refractivity contribution >= 4 is 46.4 Å². The van der Waals surface area contributed by atoms with Gasteiger partial charge in [0.1, 0.15) is 0 Å². The van der Waals surface area contributed by atoms with Gasteiger partial charge in [0.25, 0.3) is 0 Å². The molecule has 0 saturated heterocycles. The Morgan fingerprint density at radius 2 is 1.54 bits per heavy atom. The van der Waals surface area contributed by atoms with Crippen molar-refractivity contribution in [3.05, 3.63) is 58.1 Å². The fraction of sp³-hybridized carbons (Fsp3) is 0.222. The lowest BCUT2D eigenvalue weighted by Gasteiger charge is -2.07. The number of carbonyl (C=O) groups excluding carboxylic acids is 2. The van der Waals surface area contributed by atoms with Gasteiger partial charge < -0.3 is 10.6 Å². The Morgan fingerprint density at radius 3 is 2.12 bits per heavy atom. The highest BCUT2D eigenvalue weighted by molar-refractivity contribution is 6.42. The molecule has 2 aromatic rings. The molecular formula is C18H16Cl2N2O2. The molecule has 1 fully saturated rings. The highest BCUT2D eigenvalue weighted by Gasteiger charge is 2.48. The third-order valence-corrected chi connectivity index (χ3v) is 4.68. The Balaban J connectivity index is 1.57. The maximum atomic E-state index is 12.2. The number of anilines is 2. The zero-order valence-electron chi connectivity index (χ0n) is 13.0. The number of carbonyl (C=O) groups is 2. The molecule has 6 heteroatoms. The van der Waals surface area contributed by atoms with Gasteiger partial charge in [-0.15, -0.1) is 0 Å². The predicted molar refractivity (Wildman–Crippen MR) is 96.5 cm³/mol. The molecule has 0 radical (unpaired) electrons. The van der Waals surface area contributed by atoms with Crippen LogP contribution in [0.2, 0.25) is 10.0 Å². The molecule has 1 saturated carbocycles. The summed E-state index contributed by atoms with van der Waals surface area (Å²) in [6.07, 6.45) is 0.546. The second-order valence-corrected chi connectivity index (χ2v) is 6.74. The van der Waals surface area contributed by atoms with Gasteiger partial charge in [-0.2, -0.15) is 0 Å². The second-order valence-electron chi connectivity index (χ2n) is 5.93. The number of halogens is 2. The molecule has 0 aliphatic heterocycles. The fourth-order valence-electron chi connectivity index (χ4n) is 2.54. The zero-order chi connectivity index (χ0) is 17.3. The topological polar surface area (TPSA) is 58.2 Å². The monoisotopic (exact) mass is 362 g/mol. The van der Waals surface area contributed by atoms with E-state index in [2.05, 4.69) is 10.6 Å². The van der Waals surface area contributed by atoms with Crippen molar-refractivity contribution < 1.29 is 9.59 Å². The van der Waals surface area contributed by atoms with Crippen molar-refractivity contribution in [2.24, 2.45) is 11.8 Å². The minimum absolute atomic E-state index is 0.130. The van der Waals surface area contributed by atoms with Crippen LogP contribution in [0.4, 0.5) is 11.4 Å². The minimum Gasteiger partial charge on any atom is -0.326 e. The van der Waals surface area contributed by atoms with E-state index in [1.165, 1.54) is 0 Å². The number of rotatable bonds is 4. The van der Waals surface area contributed by atoms with Gasteiger partial charge in [-0.3, -0.25) is 9.59 Å². The molecule has 124 valence electrons. The molecule has 1 aliphatic carbocycles.